The fourth-order valence-electron chi connectivity index (χ4n) is 6.32. The fraction of sp³-hybridized carbons (Fsp3) is 0.704. The second-order valence-electron chi connectivity index (χ2n) is 12.5. The molecule has 3 atom stereocenters. The van der Waals surface area contributed by atoms with Gasteiger partial charge in [-0.2, -0.15) is 5.10 Å². The quantitative estimate of drug-likeness (QED) is 0.600. The van der Waals surface area contributed by atoms with Crippen LogP contribution in [-0.4, -0.2) is 50.2 Å². The summed E-state index contributed by atoms with van der Waals surface area (Å²) in [7, 11) is 0. The normalized spacial score (nSPS) is 26.7. The summed E-state index contributed by atoms with van der Waals surface area (Å²) in [4.78, 5) is 31.1. The van der Waals surface area contributed by atoms with Gasteiger partial charge in [-0.15, -0.1) is 0 Å². The summed E-state index contributed by atoms with van der Waals surface area (Å²) in [6.45, 7) is 17.5. The maximum absolute atomic E-state index is 13.5. The van der Waals surface area contributed by atoms with Crippen molar-refractivity contribution in [3.05, 3.63) is 23.5 Å². The molecule has 2 aliphatic heterocycles. The lowest BCUT2D eigenvalue weighted by Gasteiger charge is -2.46. The van der Waals surface area contributed by atoms with E-state index in [1.165, 1.54) is 0 Å². The number of amides is 2. The van der Waals surface area contributed by atoms with Crippen LogP contribution in [0.3, 0.4) is 0 Å². The molecule has 4 heterocycles. The van der Waals surface area contributed by atoms with Gasteiger partial charge in [0.25, 0.3) is 5.91 Å². The molecular weight excluding hydrogens is 440 g/mol. The summed E-state index contributed by atoms with van der Waals surface area (Å²) in [5.41, 5.74) is 2.19. The lowest BCUT2D eigenvalue weighted by molar-refractivity contribution is -0.129. The third-order valence-corrected chi connectivity index (χ3v) is 7.55. The number of aromatic nitrogens is 3. The van der Waals surface area contributed by atoms with E-state index in [2.05, 4.69) is 69.5 Å². The maximum atomic E-state index is 13.5. The van der Waals surface area contributed by atoms with Crippen LogP contribution < -0.4 is 16.0 Å². The Balaban J connectivity index is 1.68. The van der Waals surface area contributed by atoms with E-state index in [-0.39, 0.29) is 52.7 Å². The molecule has 2 fully saturated rings. The Morgan fingerprint density at radius 1 is 1.20 bits per heavy atom. The molecule has 8 heteroatoms. The Morgan fingerprint density at radius 2 is 1.86 bits per heavy atom. The van der Waals surface area contributed by atoms with Gasteiger partial charge in [-0.05, 0) is 79.7 Å². The number of carbonyl (C=O) groups is 2. The lowest BCUT2D eigenvalue weighted by Crippen LogP contribution is -2.57. The number of rotatable bonds is 5. The molecule has 3 unspecified atom stereocenters. The standard InChI is InChI=1S/C27H42N6O2/c1-15(2)33-23-21(14-29-33)19(24(34)28-13-20-16(3)9-17(4)30-25(20)35)10-22(31-23)18-11-26(5,6)32-27(7,8)12-18/h10,14-18,20,32H,9,11-13H2,1-8H3,(H,28,34)(H,30,35). The highest BCUT2D eigenvalue weighted by Gasteiger charge is 2.39. The van der Waals surface area contributed by atoms with E-state index in [1.807, 2.05) is 17.7 Å². The number of fused-ring (bicyclic) bond motifs is 1. The van der Waals surface area contributed by atoms with Crippen LogP contribution >= 0.6 is 0 Å². The van der Waals surface area contributed by atoms with Gasteiger partial charge in [-0.1, -0.05) is 6.92 Å². The summed E-state index contributed by atoms with van der Waals surface area (Å²) in [6.07, 6.45) is 4.53. The number of carbonyl (C=O) groups excluding carboxylic acids is 2. The van der Waals surface area contributed by atoms with Crippen molar-refractivity contribution in [2.24, 2.45) is 11.8 Å². The third-order valence-electron chi connectivity index (χ3n) is 7.55. The topological polar surface area (TPSA) is 101 Å². The number of nitrogens with zero attached hydrogens (tertiary/aromatic N) is 3. The largest absolute Gasteiger partial charge is 0.353 e. The summed E-state index contributed by atoms with van der Waals surface area (Å²) in [5.74, 6) is 0.0570. The number of pyridine rings is 1. The zero-order chi connectivity index (χ0) is 25.7. The van der Waals surface area contributed by atoms with Crippen molar-refractivity contribution < 1.29 is 9.59 Å². The van der Waals surface area contributed by atoms with Crippen LogP contribution in [0.15, 0.2) is 12.3 Å². The molecule has 192 valence electrons. The zero-order valence-electron chi connectivity index (χ0n) is 22.5. The van der Waals surface area contributed by atoms with Crippen LogP contribution in [0.1, 0.15) is 103 Å². The first kappa shape index (κ1) is 25.6. The minimum atomic E-state index is -0.226. The van der Waals surface area contributed by atoms with Gasteiger partial charge in [0.1, 0.15) is 0 Å². The van der Waals surface area contributed by atoms with E-state index in [9.17, 15) is 9.59 Å². The van der Waals surface area contributed by atoms with E-state index < -0.39 is 0 Å². The number of hydrogen-bond donors (Lipinski definition) is 3. The minimum Gasteiger partial charge on any atom is -0.353 e. The van der Waals surface area contributed by atoms with E-state index >= 15 is 0 Å². The van der Waals surface area contributed by atoms with Crippen molar-refractivity contribution >= 4 is 22.8 Å². The number of hydrogen-bond acceptors (Lipinski definition) is 5. The molecule has 2 aromatic heterocycles. The van der Waals surface area contributed by atoms with E-state index in [0.29, 0.717) is 12.1 Å². The Hall–Kier alpha value is -2.48. The van der Waals surface area contributed by atoms with Crippen molar-refractivity contribution in [2.75, 3.05) is 6.54 Å². The van der Waals surface area contributed by atoms with Crippen LogP contribution in [0.2, 0.25) is 0 Å². The predicted molar refractivity (Wildman–Crippen MR) is 138 cm³/mol. The molecule has 0 saturated carbocycles. The van der Waals surface area contributed by atoms with Gasteiger partial charge in [-0.25, -0.2) is 9.67 Å². The van der Waals surface area contributed by atoms with Gasteiger partial charge in [0.15, 0.2) is 5.65 Å². The third kappa shape index (κ3) is 5.37. The number of nitrogens with one attached hydrogen (secondary N) is 3. The van der Waals surface area contributed by atoms with Crippen molar-refractivity contribution in [3.63, 3.8) is 0 Å². The van der Waals surface area contributed by atoms with Gasteiger partial charge in [-0.3, -0.25) is 9.59 Å². The molecular formula is C27H42N6O2. The van der Waals surface area contributed by atoms with Crippen molar-refractivity contribution in [1.29, 1.82) is 0 Å². The molecule has 35 heavy (non-hydrogen) atoms. The molecule has 2 aromatic rings. The molecule has 0 spiro atoms. The van der Waals surface area contributed by atoms with Gasteiger partial charge in [0.05, 0.1) is 23.1 Å². The molecule has 4 rings (SSSR count). The van der Waals surface area contributed by atoms with Gasteiger partial charge in [0, 0.05) is 41.3 Å². The summed E-state index contributed by atoms with van der Waals surface area (Å²) < 4.78 is 1.89. The lowest BCUT2D eigenvalue weighted by atomic mass is 9.74. The average molecular weight is 483 g/mol. The van der Waals surface area contributed by atoms with E-state index in [4.69, 9.17) is 4.98 Å². The van der Waals surface area contributed by atoms with Crippen LogP contribution in [0.25, 0.3) is 11.0 Å². The van der Waals surface area contributed by atoms with Gasteiger partial charge >= 0.3 is 0 Å². The first-order chi connectivity index (χ1) is 16.3. The molecule has 8 nitrogen and oxygen atoms in total. The van der Waals surface area contributed by atoms with Crippen LogP contribution in [0.5, 0.6) is 0 Å². The summed E-state index contributed by atoms with van der Waals surface area (Å²) >= 11 is 0. The second kappa shape index (κ2) is 9.19. The molecule has 0 aliphatic carbocycles. The van der Waals surface area contributed by atoms with Crippen LogP contribution in [-0.2, 0) is 4.79 Å². The van der Waals surface area contributed by atoms with Crippen molar-refractivity contribution in [2.45, 2.75) is 104 Å². The first-order valence-corrected chi connectivity index (χ1v) is 13.0. The molecule has 2 amide bonds. The molecule has 2 aliphatic rings. The summed E-state index contributed by atoms with van der Waals surface area (Å²) in [6, 6.07) is 2.26. The highest BCUT2D eigenvalue weighted by atomic mass is 16.2. The highest BCUT2D eigenvalue weighted by Crippen LogP contribution is 2.39. The van der Waals surface area contributed by atoms with Crippen LogP contribution in [0.4, 0.5) is 0 Å². The molecule has 0 radical (unpaired) electrons. The Kier molecular flexibility index (Phi) is 6.72. The SMILES string of the molecule is CC1CC(C)C(CNC(=O)c2cc(C3CC(C)(C)NC(C)(C)C3)nc3c2cnn3C(C)C)C(=O)N1. The van der Waals surface area contributed by atoms with Crippen molar-refractivity contribution in [1.82, 2.24) is 30.7 Å². The average Bonchev–Trinajstić information content (AvgIpc) is 3.14. The zero-order valence-corrected chi connectivity index (χ0v) is 22.5. The number of piperidine rings is 2. The molecule has 2 saturated heterocycles. The fourth-order valence-corrected chi connectivity index (χ4v) is 6.32. The van der Waals surface area contributed by atoms with E-state index in [0.717, 1.165) is 36.0 Å². The second-order valence-corrected chi connectivity index (χ2v) is 12.5. The smallest absolute Gasteiger partial charge is 0.252 e. The van der Waals surface area contributed by atoms with Crippen LogP contribution in [0, 0.1) is 11.8 Å². The molecule has 0 bridgehead atoms. The Morgan fingerprint density at radius 3 is 2.46 bits per heavy atom. The maximum Gasteiger partial charge on any atom is 0.252 e. The van der Waals surface area contributed by atoms with E-state index in [1.54, 1.807) is 6.20 Å². The Labute approximate surface area is 209 Å². The van der Waals surface area contributed by atoms with Gasteiger partial charge in [0.2, 0.25) is 5.91 Å². The summed E-state index contributed by atoms with van der Waals surface area (Å²) in [5, 5.41) is 15.1. The predicted octanol–water partition coefficient (Wildman–Crippen LogP) is 3.93. The van der Waals surface area contributed by atoms with Crippen molar-refractivity contribution in [3.8, 4) is 0 Å². The molecule has 3 N–H and O–H groups in total. The molecule has 0 aromatic carbocycles. The first-order valence-electron chi connectivity index (χ1n) is 13.0. The Bertz CT molecular complexity index is 1100. The van der Waals surface area contributed by atoms with Gasteiger partial charge < -0.3 is 16.0 Å². The minimum absolute atomic E-state index is 0.0175. The monoisotopic (exact) mass is 482 g/mol. The highest BCUT2D eigenvalue weighted by molar-refractivity contribution is 6.05.